The quantitative estimate of drug-likeness (QED) is 0.794. The average Bonchev–Trinajstić information content (AvgIpc) is 2.79. The van der Waals surface area contributed by atoms with Crippen LogP contribution in [0.1, 0.15) is 38.2 Å². The fourth-order valence-corrected chi connectivity index (χ4v) is 5.64. The van der Waals surface area contributed by atoms with Crippen molar-refractivity contribution >= 4 is 5.91 Å². The van der Waals surface area contributed by atoms with Gasteiger partial charge in [-0.05, 0) is 62.4 Å². The second-order valence-electron chi connectivity index (χ2n) is 9.02. The molecule has 0 aromatic heterocycles. The Morgan fingerprint density at radius 2 is 2.00 bits per heavy atom. The van der Waals surface area contributed by atoms with Crippen LogP contribution < -0.4 is 5.32 Å². The third kappa shape index (κ3) is 4.39. The lowest BCUT2D eigenvalue weighted by Crippen LogP contribution is -2.60. The maximum absolute atomic E-state index is 13.5. The maximum Gasteiger partial charge on any atom is 0.228 e. The average molecular weight is 422 g/mol. The van der Waals surface area contributed by atoms with Crippen LogP contribution in [0.4, 0.5) is 8.78 Å². The second kappa shape index (κ2) is 9.28. The molecule has 1 aromatic rings. The van der Waals surface area contributed by atoms with Crippen LogP contribution in [0.3, 0.4) is 0 Å². The summed E-state index contributed by atoms with van der Waals surface area (Å²) in [5.41, 5.74) is 0.190. The summed E-state index contributed by atoms with van der Waals surface area (Å²) in [7, 11) is 0. The van der Waals surface area contributed by atoms with Gasteiger partial charge in [-0.25, -0.2) is 8.78 Å². The smallest absolute Gasteiger partial charge is 0.228 e. The molecular formula is C23H33F2N3O2. The minimum Gasteiger partial charge on any atom is -0.379 e. The van der Waals surface area contributed by atoms with Crippen molar-refractivity contribution in [2.75, 3.05) is 45.9 Å². The molecule has 3 atom stereocenters. The van der Waals surface area contributed by atoms with Gasteiger partial charge in [0.2, 0.25) is 5.91 Å². The number of piperidine rings is 1. The van der Waals surface area contributed by atoms with Gasteiger partial charge in [0.05, 0.1) is 18.6 Å². The highest BCUT2D eigenvalue weighted by molar-refractivity contribution is 5.83. The predicted octanol–water partition coefficient (Wildman–Crippen LogP) is 2.79. The number of fused-ring (bicyclic) bond motifs is 1. The van der Waals surface area contributed by atoms with Gasteiger partial charge in [-0.2, -0.15) is 0 Å². The summed E-state index contributed by atoms with van der Waals surface area (Å²) in [5, 5.41) is 3.06. The molecule has 3 aliphatic rings. The molecule has 1 saturated carbocycles. The lowest BCUT2D eigenvalue weighted by atomic mass is 9.61. The highest BCUT2D eigenvalue weighted by Gasteiger charge is 2.52. The van der Waals surface area contributed by atoms with Crippen molar-refractivity contribution < 1.29 is 18.3 Å². The van der Waals surface area contributed by atoms with Gasteiger partial charge in [0.25, 0.3) is 0 Å². The van der Waals surface area contributed by atoms with Crippen molar-refractivity contribution in [1.29, 1.82) is 0 Å². The number of carbonyl (C=O) groups is 1. The summed E-state index contributed by atoms with van der Waals surface area (Å²) in [6, 6.07) is 4.34. The number of ether oxygens (including phenoxy) is 1. The fourth-order valence-electron chi connectivity index (χ4n) is 5.64. The molecule has 0 unspecified atom stereocenters. The van der Waals surface area contributed by atoms with Crippen molar-refractivity contribution in [1.82, 2.24) is 15.1 Å². The molecule has 1 N–H and O–H groups in total. The molecule has 5 nitrogen and oxygen atoms in total. The Bertz CT molecular complexity index is 756. The molecule has 2 heterocycles. The SMILES string of the molecule is CCN1CC[C@@H]2C[C@@H](N3CCOCC3)CC[C@@]2(C(=O)NCc2ccc(F)c(F)c2)C1. The summed E-state index contributed by atoms with van der Waals surface area (Å²) < 4.78 is 32.2. The highest BCUT2D eigenvalue weighted by atomic mass is 19.2. The molecule has 1 amide bonds. The van der Waals surface area contributed by atoms with Gasteiger partial charge in [-0.1, -0.05) is 13.0 Å². The number of amides is 1. The first-order chi connectivity index (χ1) is 14.5. The highest BCUT2D eigenvalue weighted by Crippen LogP contribution is 2.47. The van der Waals surface area contributed by atoms with E-state index in [9.17, 15) is 13.6 Å². The minimum atomic E-state index is -0.876. The minimum absolute atomic E-state index is 0.0656. The van der Waals surface area contributed by atoms with Crippen molar-refractivity contribution in [3.05, 3.63) is 35.4 Å². The number of rotatable bonds is 5. The Balaban J connectivity index is 1.46. The van der Waals surface area contributed by atoms with Crippen LogP contribution in [0.2, 0.25) is 0 Å². The molecule has 1 aromatic carbocycles. The van der Waals surface area contributed by atoms with Gasteiger partial charge in [0, 0.05) is 32.2 Å². The van der Waals surface area contributed by atoms with Crippen molar-refractivity contribution in [3.8, 4) is 0 Å². The third-order valence-electron chi connectivity index (χ3n) is 7.46. The summed E-state index contributed by atoms with van der Waals surface area (Å²) >= 11 is 0. The predicted molar refractivity (Wildman–Crippen MR) is 111 cm³/mol. The number of hydrogen-bond acceptors (Lipinski definition) is 4. The van der Waals surface area contributed by atoms with Crippen LogP contribution in [0.5, 0.6) is 0 Å². The number of benzene rings is 1. The second-order valence-corrected chi connectivity index (χ2v) is 9.02. The lowest BCUT2D eigenvalue weighted by Gasteiger charge is -2.53. The van der Waals surface area contributed by atoms with E-state index in [-0.39, 0.29) is 12.5 Å². The van der Waals surface area contributed by atoms with Crippen LogP contribution in [0.15, 0.2) is 18.2 Å². The largest absolute Gasteiger partial charge is 0.379 e. The summed E-state index contributed by atoms with van der Waals surface area (Å²) in [6.07, 6.45) is 3.98. The van der Waals surface area contributed by atoms with Gasteiger partial charge in [-0.15, -0.1) is 0 Å². The van der Waals surface area contributed by atoms with E-state index in [1.165, 1.54) is 12.1 Å². The third-order valence-corrected chi connectivity index (χ3v) is 7.46. The van der Waals surface area contributed by atoms with E-state index in [0.717, 1.165) is 77.7 Å². The van der Waals surface area contributed by atoms with Crippen LogP contribution in [0, 0.1) is 23.0 Å². The molecule has 0 radical (unpaired) electrons. The first-order valence-corrected chi connectivity index (χ1v) is 11.3. The van der Waals surface area contributed by atoms with Gasteiger partial charge in [0.1, 0.15) is 0 Å². The van der Waals surface area contributed by atoms with Gasteiger partial charge in [-0.3, -0.25) is 9.69 Å². The zero-order valence-electron chi connectivity index (χ0n) is 17.8. The van der Waals surface area contributed by atoms with E-state index in [4.69, 9.17) is 4.74 Å². The number of hydrogen-bond donors (Lipinski definition) is 1. The van der Waals surface area contributed by atoms with Crippen LogP contribution in [-0.4, -0.2) is 67.7 Å². The number of nitrogens with one attached hydrogen (secondary N) is 1. The van der Waals surface area contributed by atoms with Crippen molar-refractivity contribution in [2.45, 2.75) is 45.2 Å². The maximum atomic E-state index is 13.5. The molecule has 4 rings (SSSR count). The first-order valence-electron chi connectivity index (χ1n) is 11.3. The van der Waals surface area contributed by atoms with Gasteiger partial charge in [0.15, 0.2) is 11.6 Å². The van der Waals surface area contributed by atoms with E-state index in [1.54, 1.807) is 0 Å². The summed E-state index contributed by atoms with van der Waals surface area (Å²) in [5.74, 6) is -1.32. The van der Waals surface area contributed by atoms with Crippen LogP contribution in [0.25, 0.3) is 0 Å². The van der Waals surface area contributed by atoms with Gasteiger partial charge >= 0.3 is 0 Å². The summed E-state index contributed by atoms with van der Waals surface area (Å²) in [6.45, 7) is 8.69. The van der Waals surface area contributed by atoms with Gasteiger partial charge < -0.3 is 15.0 Å². The Morgan fingerprint density at radius 3 is 2.73 bits per heavy atom. The number of likely N-dealkylation sites (tertiary alicyclic amines) is 1. The molecule has 2 aliphatic heterocycles. The topological polar surface area (TPSA) is 44.8 Å². The molecule has 30 heavy (non-hydrogen) atoms. The van der Waals surface area contributed by atoms with E-state index < -0.39 is 17.0 Å². The van der Waals surface area contributed by atoms with E-state index in [0.29, 0.717) is 17.5 Å². The molecule has 166 valence electrons. The van der Waals surface area contributed by atoms with E-state index in [1.807, 2.05) is 0 Å². The number of nitrogens with zero attached hydrogens (tertiary/aromatic N) is 2. The van der Waals surface area contributed by atoms with Crippen LogP contribution in [-0.2, 0) is 16.1 Å². The fraction of sp³-hybridized carbons (Fsp3) is 0.696. The Labute approximate surface area is 177 Å². The number of morpholine rings is 1. The molecule has 2 saturated heterocycles. The Morgan fingerprint density at radius 1 is 1.20 bits per heavy atom. The molecule has 3 fully saturated rings. The first kappa shape index (κ1) is 21.7. The lowest BCUT2D eigenvalue weighted by molar-refractivity contribution is -0.145. The molecule has 0 spiro atoms. The number of halogens is 2. The Kier molecular flexibility index (Phi) is 6.70. The van der Waals surface area contributed by atoms with E-state index in [2.05, 4.69) is 22.0 Å². The number of carbonyl (C=O) groups excluding carboxylic acids is 1. The Hall–Kier alpha value is -1.57. The standard InChI is InChI=1S/C23H33F2N3O2/c1-2-27-8-6-18-14-19(28-9-11-30-12-10-28)5-7-23(18,16-27)22(29)26-15-17-3-4-20(24)21(25)13-17/h3-4,13,18-19H,2,5-12,14-16H2,1H3,(H,26,29)/t18-,19+,23-/m1/s1. The normalized spacial score (nSPS) is 30.6. The zero-order valence-corrected chi connectivity index (χ0v) is 17.8. The molecular weight excluding hydrogens is 388 g/mol. The zero-order chi connectivity index (χ0) is 21.1. The molecule has 0 bridgehead atoms. The monoisotopic (exact) mass is 421 g/mol. The summed E-state index contributed by atoms with van der Waals surface area (Å²) in [4.78, 5) is 18.4. The molecule has 7 heteroatoms. The van der Waals surface area contributed by atoms with Crippen molar-refractivity contribution in [2.24, 2.45) is 11.3 Å². The molecule has 1 aliphatic carbocycles. The van der Waals surface area contributed by atoms with E-state index >= 15 is 0 Å². The van der Waals surface area contributed by atoms with Crippen LogP contribution >= 0.6 is 0 Å². The van der Waals surface area contributed by atoms with Crippen molar-refractivity contribution in [3.63, 3.8) is 0 Å².